The highest BCUT2D eigenvalue weighted by atomic mass is 16.3. The van der Waals surface area contributed by atoms with Crippen LogP contribution in [0.2, 0.25) is 0 Å². The molecule has 0 aliphatic rings. The van der Waals surface area contributed by atoms with Crippen molar-refractivity contribution < 1.29 is 5.11 Å². The Hall–Kier alpha value is -0.860. The van der Waals surface area contributed by atoms with Crippen LogP contribution in [0.25, 0.3) is 0 Å². The molecule has 0 heterocycles. The molecule has 0 amide bonds. The number of nitrogens with two attached hydrogens (primary N) is 1. The molecule has 3 unspecified atom stereocenters. The zero-order valence-electron chi connectivity index (χ0n) is 13.0. The largest absolute Gasteiger partial charge is 0.392 e. The maximum atomic E-state index is 10.5. The van der Waals surface area contributed by atoms with Crippen LogP contribution in [0.1, 0.15) is 51.2 Å². The van der Waals surface area contributed by atoms with E-state index in [1.54, 1.807) is 0 Å². The Morgan fingerprint density at radius 3 is 2.26 bits per heavy atom. The van der Waals surface area contributed by atoms with E-state index in [2.05, 4.69) is 46.8 Å². The Bertz CT molecular complexity index is 394. The molecule has 3 atom stereocenters. The molecule has 1 rings (SSSR count). The van der Waals surface area contributed by atoms with E-state index in [1.165, 1.54) is 11.1 Å². The molecule has 108 valence electrons. The van der Waals surface area contributed by atoms with Gasteiger partial charge in [0.05, 0.1) is 6.10 Å². The Morgan fingerprint density at radius 1 is 1.21 bits per heavy atom. The summed E-state index contributed by atoms with van der Waals surface area (Å²) in [6, 6.07) is 8.21. The van der Waals surface area contributed by atoms with Gasteiger partial charge in [-0.3, -0.25) is 0 Å². The fraction of sp³-hybridized carbons (Fsp3) is 0.647. The van der Waals surface area contributed by atoms with Gasteiger partial charge in [-0.25, -0.2) is 0 Å². The van der Waals surface area contributed by atoms with E-state index in [0.29, 0.717) is 12.5 Å². The first-order chi connectivity index (χ1) is 8.77. The first kappa shape index (κ1) is 16.2. The van der Waals surface area contributed by atoms with Gasteiger partial charge in [0.2, 0.25) is 0 Å². The van der Waals surface area contributed by atoms with Gasteiger partial charge in [0.15, 0.2) is 0 Å². The Kier molecular flexibility index (Phi) is 5.57. The van der Waals surface area contributed by atoms with Crippen LogP contribution in [0.3, 0.4) is 0 Å². The topological polar surface area (TPSA) is 46.2 Å². The Morgan fingerprint density at radius 2 is 1.79 bits per heavy atom. The second-order valence-corrected chi connectivity index (χ2v) is 6.77. The van der Waals surface area contributed by atoms with E-state index in [4.69, 9.17) is 5.73 Å². The van der Waals surface area contributed by atoms with Gasteiger partial charge in [0.25, 0.3) is 0 Å². The van der Waals surface area contributed by atoms with Gasteiger partial charge < -0.3 is 10.8 Å². The summed E-state index contributed by atoms with van der Waals surface area (Å²) in [5.41, 5.74) is 8.50. The summed E-state index contributed by atoms with van der Waals surface area (Å²) in [6.45, 7) is 11.4. The first-order valence-electron chi connectivity index (χ1n) is 7.21. The number of rotatable bonds is 5. The van der Waals surface area contributed by atoms with Crippen molar-refractivity contribution in [3.8, 4) is 0 Å². The fourth-order valence-electron chi connectivity index (χ4n) is 2.37. The van der Waals surface area contributed by atoms with Crippen molar-refractivity contribution in [2.45, 2.75) is 53.1 Å². The number of hydrogen-bond acceptors (Lipinski definition) is 2. The van der Waals surface area contributed by atoms with E-state index in [9.17, 15) is 5.11 Å². The average molecular weight is 263 g/mol. The minimum atomic E-state index is -0.375. The van der Waals surface area contributed by atoms with Gasteiger partial charge in [-0.1, -0.05) is 52.0 Å². The Balaban J connectivity index is 2.84. The predicted molar refractivity (Wildman–Crippen MR) is 82.2 cm³/mol. The first-order valence-corrected chi connectivity index (χ1v) is 7.21. The number of aliphatic hydroxyl groups is 1. The minimum Gasteiger partial charge on any atom is -0.392 e. The van der Waals surface area contributed by atoms with E-state index in [1.807, 2.05) is 12.1 Å². The van der Waals surface area contributed by atoms with Crippen LogP contribution in [0.4, 0.5) is 0 Å². The zero-order chi connectivity index (χ0) is 14.6. The van der Waals surface area contributed by atoms with Crippen LogP contribution in [-0.4, -0.2) is 17.8 Å². The van der Waals surface area contributed by atoms with Crippen molar-refractivity contribution in [1.82, 2.24) is 0 Å². The van der Waals surface area contributed by atoms with Crippen molar-refractivity contribution in [2.24, 2.45) is 17.1 Å². The van der Waals surface area contributed by atoms with Gasteiger partial charge in [0, 0.05) is 12.5 Å². The monoisotopic (exact) mass is 263 g/mol. The van der Waals surface area contributed by atoms with E-state index >= 15 is 0 Å². The summed E-state index contributed by atoms with van der Waals surface area (Å²) < 4.78 is 0. The molecule has 0 aliphatic carbocycles. The molecule has 1 aromatic rings. The zero-order valence-corrected chi connectivity index (χ0v) is 13.0. The molecule has 0 saturated heterocycles. The van der Waals surface area contributed by atoms with Gasteiger partial charge in [0.1, 0.15) is 0 Å². The molecular formula is C17H29NO. The molecule has 0 aromatic heterocycles. The third-order valence-corrected chi connectivity index (χ3v) is 4.38. The summed E-state index contributed by atoms with van der Waals surface area (Å²) >= 11 is 0. The molecule has 0 fully saturated rings. The summed E-state index contributed by atoms with van der Waals surface area (Å²) in [6.07, 6.45) is 0.417. The van der Waals surface area contributed by atoms with Crippen molar-refractivity contribution in [3.63, 3.8) is 0 Å². The van der Waals surface area contributed by atoms with Crippen LogP contribution in [0.15, 0.2) is 24.3 Å². The number of hydrogen-bond donors (Lipinski definition) is 2. The quantitative estimate of drug-likeness (QED) is 0.854. The van der Waals surface area contributed by atoms with Gasteiger partial charge in [-0.15, -0.1) is 0 Å². The highest BCUT2D eigenvalue weighted by molar-refractivity contribution is 5.30. The standard InChI is InChI=1S/C17H29NO/c1-12-8-6-7-9-14(12)15(11-18)16(19)10-13(2)17(3,4)5/h6-9,13,15-16,19H,10-11,18H2,1-5H3. The normalized spacial score (nSPS) is 17.0. The molecular weight excluding hydrogens is 234 g/mol. The lowest BCUT2D eigenvalue weighted by atomic mass is 9.76. The second-order valence-electron chi connectivity index (χ2n) is 6.77. The summed E-state index contributed by atoms with van der Waals surface area (Å²) in [4.78, 5) is 0. The molecule has 1 aromatic carbocycles. The van der Waals surface area contributed by atoms with Gasteiger partial charge in [-0.05, 0) is 35.8 Å². The lowest BCUT2D eigenvalue weighted by Gasteiger charge is -2.32. The van der Waals surface area contributed by atoms with E-state index < -0.39 is 0 Å². The fourth-order valence-corrected chi connectivity index (χ4v) is 2.37. The van der Waals surface area contributed by atoms with Gasteiger partial charge >= 0.3 is 0 Å². The molecule has 19 heavy (non-hydrogen) atoms. The lowest BCUT2D eigenvalue weighted by molar-refractivity contribution is 0.0893. The maximum Gasteiger partial charge on any atom is 0.0623 e. The summed E-state index contributed by atoms with van der Waals surface area (Å²) in [5.74, 6) is 0.492. The average Bonchev–Trinajstić information content (AvgIpc) is 2.31. The summed E-state index contributed by atoms with van der Waals surface area (Å²) in [7, 11) is 0. The van der Waals surface area contributed by atoms with Crippen LogP contribution in [0, 0.1) is 18.3 Å². The maximum absolute atomic E-state index is 10.5. The predicted octanol–water partition coefficient (Wildman–Crippen LogP) is 3.47. The molecule has 2 nitrogen and oxygen atoms in total. The molecule has 0 saturated carbocycles. The SMILES string of the molecule is Cc1ccccc1C(CN)C(O)CC(C)C(C)(C)C. The van der Waals surface area contributed by atoms with Crippen molar-refractivity contribution >= 4 is 0 Å². The molecule has 0 aliphatic heterocycles. The van der Waals surface area contributed by atoms with Crippen molar-refractivity contribution in [2.75, 3.05) is 6.54 Å². The number of aliphatic hydroxyl groups excluding tert-OH is 1. The Labute approximate surface area is 118 Å². The smallest absolute Gasteiger partial charge is 0.0623 e. The molecule has 2 heteroatoms. The van der Waals surface area contributed by atoms with Crippen LogP contribution in [0.5, 0.6) is 0 Å². The van der Waals surface area contributed by atoms with Crippen molar-refractivity contribution in [3.05, 3.63) is 35.4 Å². The number of aryl methyl sites for hydroxylation is 1. The molecule has 3 N–H and O–H groups in total. The number of benzene rings is 1. The minimum absolute atomic E-state index is 0.0333. The van der Waals surface area contributed by atoms with Crippen molar-refractivity contribution in [1.29, 1.82) is 0 Å². The van der Waals surface area contributed by atoms with Crippen LogP contribution in [-0.2, 0) is 0 Å². The second kappa shape index (κ2) is 6.53. The summed E-state index contributed by atoms with van der Waals surface area (Å²) in [5, 5.41) is 10.5. The van der Waals surface area contributed by atoms with E-state index in [0.717, 1.165) is 6.42 Å². The van der Waals surface area contributed by atoms with Crippen LogP contribution < -0.4 is 5.73 Å². The van der Waals surface area contributed by atoms with E-state index in [-0.39, 0.29) is 17.4 Å². The third kappa shape index (κ3) is 4.32. The lowest BCUT2D eigenvalue weighted by Crippen LogP contribution is -2.31. The molecule has 0 radical (unpaired) electrons. The van der Waals surface area contributed by atoms with Crippen LogP contribution >= 0.6 is 0 Å². The highest BCUT2D eigenvalue weighted by Gasteiger charge is 2.27. The van der Waals surface area contributed by atoms with Gasteiger partial charge in [-0.2, -0.15) is 0 Å². The molecule has 0 spiro atoms. The third-order valence-electron chi connectivity index (χ3n) is 4.38. The highest BCUT2D eigenvalue weighted by Crippen LogP contribution is 2.33. The molecule has 0 bridgehead atoms.